The standard InChI is InChI=1S/C27H30ClN5O2/c1-19(20-13-15-33(16-14-20)18-21-5-3-4-6-25(21)28)31-32-27(34)26-12-9-23(17-29-26)30-22-7-10-24(35-2)11-8-22/h3-12,17,20,30H,13-16,18H2,1-2H3,(H,32,34). The smallest absolute Gasteiger partial charge is 0.289 e. The molecule has 4 rings (SSSR count). The molecule has 0 radical (unpaired) electrons. The first-order valence-electron chi connectivity index (χ1n) is 11.7. The first-order chi connectivity index (χ1) is 17.0. The van der Waals surface area contributed by atoms with E-state index in [2.05, 4.69) is 31.8 Å². The van der Waals surface area contributed by atoms with Crippen molar-refractivity contribution in [2.24, 2.45) is 11.0 Å². The van der Waals surface area contributed by atoms with Crippen molar-refractivity contribution in [3.05, 3.63) is 83.1 Å². The molecule has 2 heterocycles. The summed E-state index contributed by atoms with van der Waals surface area (Å²) in [7, 11) is 1.63. The number of piperidine rings is 1. The lowest BCUT2D eigenvalue weighted by Crippen LogP contribution is -2.36. The molecule has 1 aromatic heterocycles. The van der Waals surface area contributed by atoms with Gasteiger partial charge >= 0.3 is 0 Å². The van der Waals surface area contributed by atoms with E-state index >= 15 is 0 Å². The highest BCUT2D eigenvalue weighted by Gasteiger charge is 2.22. The molecule has 1 aliphatic heterocycles. The van der Waals surface area contributed by atoms with E-state index in [-0.39, 0.29) is 5.91 Å². The van der Waals surface area contributed by atoms with E-state index in [9.17, 15) is 4.79 Å². The number of carbonyl (C=O) groups excluding carboxylic acids is 1. The number of ether oxygens (including phenoxy) is 1. The van der Waals surface area contributed by atoms with Crippen LogP contribution in [0.3, 0.4) is 0 Å². The molecule has 0 aliphatic carbocycles. The Balaban J connectivity index is 1.25. The number of halogens is 1. The lowest BCUT2D eigenvalue weighted by atomic mass is 9.92. The number of rotatable bonds is 8. The van der Waals surface area contributed by atoms with Gasteiger partial charge in [-0.1, -0.05) is 29.8 Å². The lowest BCUT2D eigenvalue weighted by Gasteiger charge is -2.32. The van der Waals surface area contributed by atoms with E-state index < -0.39 is 0 Å². The second kappa shape index (κ2) is 11.8. The van der Waals surface area contributed by atoms with Gasteiger partial charge in [-0.2, -0.15) is 5.10 Å². The molecule has 0 unspecified atom stereocenters. The number of pyridine rings is 1. The first-order valence-corrected chi connectivity index (χ1v) is 12.1. The highest BCUT2D eigenvalue weighted by molar-refractivity contribution is 6.31. The fourth-order valence-electron chi connectivity index (χ4n) is 4.11. The van der Waals surface area contributed by atoms with E-state index in [0.29, 0.717) is 11.6 Å². The van der Waals surface area contributed by atoms with Gasteiger partial charge in [-0.3, -0.25) is 9.69 Å². The molecule has 2 N–H and O–H groups in total. The Morgan fingerprint density at radius 1 is 1.09 bits per heavy atom. The minimum absolute atomic E-state index is 0.316. The zero-order valence-electron chi connectivity index (χ0n) is 20.0. The first kappa shape index (κ1) is 24.7. The summed E-state index contributed by atoms with van der Waals surface area (Å²) in [6, 6.07) is 19.1. The van der Waals surface area contributed by atoms with Gasteiger partial charge in [-0.25, -0.2) is 10.4 Å². The van der Waals surface area contributed by atoms with Gasteiger partial charge in [0, 0.05) is 28.9 Å². The third-order valence-corrected chi connectivity index (χ3v) is 6.61. The van der Waals surface area contributed by atoms with E-state index in [4.69, 9.17) is 16.3 Å². The number of nitrogens with zero attached hydrogens (tertiary/aromatic N) is 3. The highest BCUT2D eigenvalue weighted by Crippen LogP contribution is 2.23. The molecule has 1 amide bonds. The number of amides is 1. The van der Waals surface area contributed by atoms with Crippen LogP contribution < -0.4 is 15.5 Å². The lowest BCUT2D eigenvalue weighted by molar-refractivity contribution is 0.0949. The number of hydrogen-bond acceptors (Lipinski definition) is 6. The summed E-state index contributed by atoms with van der Waals surface area (Å²) in [5.41, 5.74) is 6.76. The van der Waals surface area contributed by atoms with Gasteiger partial charge in [0.1, 0.15) is 11.4 Å². The number of nitrogens with one attached hydrogen (secondary N) is 2. The van der Waals surface area contributed by atoms with Crippen LogP contribution in [0.1, 0.15) is 35.8 Å². The van der Waals surface area contributed by atoms with E-state index in [0.717, 1.165) is 65.9 Å². The van der Waals surface area contributed by atoms with Gasteiger partial charge < -0.3 is 10.1 Å². The van der Waals surface area contributed by atoms with Crippen LogP contribution in [0.5, 0.6) is 5.75 Å². The van der Waals surface area contributed by atoms with Crippen LogP contribution in [0.25, 0.3) is 0 Å². The van der Waals surface area contributed by atoms with Crippen molar-refractivity contribution in [1.29, 1.82) is 0 Å². The van der Waals surface area contributed by atoms with Crippen molar-refractivity contribution in [2.75, 3.05) is 25.5 Å². The average molecular weight is 492 g/mol. The fourth-order valence-corrected chi connectivity index (χ4v) is 4.30. The Kier molecular flexibility index (Phi) is 8.34. The van der Waals surface area contributed by atoms with Crippen LogP contribution in [0, 0.1) is 5.92 Å². The molecule has 2 aromatic carbocycles. The van der Waals surface area contributed by atoms with Gasteiger partial charge in [-0.05, 0) is 80.9 Å². The Morgan fingerprint density at radius 3 is 2.46 bits per heavy atom. The molecule has 0 saturated carbocycles. The van der Waals surface area contributed by atoms with Crippen molar-refractivity contribution < 1.29 is 9.53 Å². The van der Waals surface area contributed by atoms with Crippen LogP contribution in [0.2, 0.25) is 5.02 Å². The van der Waals surface area contributed by atoms with Gasteiger partial charge in [0.05, 0.1) is 19.0 Å². The second-order valence-electron chi connectivity index (χ2n) is 8.62. The molecule has 3 aromatic rings. The van der Waals surface area contributed by atoms with Gasteiger partial charge in [0.15, 0.2) is 0 Å². The molecule has 1 saturated heterocycles. The zero-order chi connectivity index (χ0) is 24.6. The van der Waals surface area contributed by atoms with Crippen LogP contribution in [0.15, 0.2) is 72.0 Å². The quantitative estimate of drug-likeness (QED) is 0.321. The normalized spacial score (nSPS) is 15.0. The molecule has 35 heavy (non-hydrogen) atoms. The van der Waals surface area contributed by atoms with Crippen LogP contribution >= 0.6 is 11.6 Å². The third-order valence-electron chi connectivity index (χ3n) is 6.24. The number of carbonyl (C=O) groups is 1. The van der Waals surface area contributed by atoms with E-state index in [1.165, 1.54) is 0 Å². The molecule has 8 heteroatoms. The maximum Gasteiger partial charge on any atom is 0.289 e. The van der Waals surface area contributed by atoms with Crippen molar-refractivity contribution >= 4 is 34.6 Å². The van der Waals surface area contributed by atoms with Crippen molar-refractivity contribution in [1.82, 2.24) is 15.3 Å². The Hall–Kier alpha value is -3.42. The summed E-state index contributed by atoms with van der Waals surface area (Å²) in [4.78, 5) is 19.2. The molecule has 7 nitrogen and oxygen atoms in total. The molecular weight excluding hydrogens is 462 g/mol. The summed E-state index contributed by atoms with van der Waals surface area (Å²) < 4.78 is 5.17. The maximum atomic E-state index is 12.5. The number of aromatic nitrogens is 1. The van der Waals surface area contributed by atoms with E-state index in [1.54, 1.807) is 19.4 Å². The Morgan fingerprint density at radius 2 is 1.80 bits per heavy atom. The topological polar surface area (TPSA) is 78.8 Å². The number of benzene rings is 2. The molecule has 182 valence electrons. The van der Waals surface area contributed by atoms with Crippen molar-refractivity contribution in [2.45, 2.75) is 26.3 Å². The van der Waals surface area contributed by atoms with E-state index in [1.807, 2.05) is 55.5 Å². The molecule has 0 bridgehead atoms. The summed E-state index contributed by atoms with van der Waals surface area (Å²) in [5.74, 6) is 0.817. The number of hydrazone groups is 1. The van der Waals surface area contributed by atoms with Crippen LogP contribution in [-0.4, -0.2) is 41.7 Å². The predicted octanol–water partition coefficient (Wildman–Crippen LogP) is 5.51. The predicted molar refractivity (Wildman–Crippen MR) is 141 cm³/mol. The summed E-state index contributed by atoms with van der Waals surface area (Å²) >= 11 is 6.30. The van der Waals surface area contributed by atoms with Gasteiger partial charge in [0.25, 0.3) is 5.91 Å². The molecule has 0 atom stereocenters. The van der Waals surface area contributed by atoms with Crippen LogP contribution in [0.4, 0.5) is 11.4 Å². The summed E-state index contributed by atoms with van der Waals surface area (Å²) in [6.45, 7) is 4.78. The molecule has 0 spiro atoms. The van der Waals surface area contributed by atoms with Crippen molar-refractivity contribution in [3.63, 3.8) is 0 Å². The molecular formula is C27H30ClN5O2. The average Bonchev–Trinajstić information content (AvgIpc) is 2.90. The number of methoxy groups -OCH3 is 1. The van der Waals surface area contributed by atoms with Crippen molar-refractivity contribution in [3.8, 4) is 5.75 Å². The fraction of sp³-hybridized carbons (Fsp3) is 0.296. The highest BCUT2D eigenvalue weighted by atomic mass is 35.5. The Bertz CT molecular complexity index is 1160. The SMILES string of the molecule is COc1ccc(Nc2ccc(C(=O)NN=C(C)C3CCN(Cc4ccccc4Cl)CC3)nc2)cc1. The zero-order valence-corrected chi connectivity index (χ0v) is 20.8. The minimum atomic E-state index is -0.323. The maximum absolute atomic E-state index is 12.5. The number of likely N-dealkylation sites (tertiary alicyclic amines) is 1. The largest absolute Gasteiger partial charge is 0.497 e. The summed E-state index contributed by atoms with van der Waals surface area (Å²) in [6.07, 6.45) is 3.63. The monoisotopic (exact) mass is 491 g/mol. The van der Waals surface area contributed by atoms with Gasteiger partial charge in [-0.15, -0.1) is 0 Å². The van der Waals surface area contributed by atoms with Crippen LogP contribution in [-0.2, 0) is 6.54 Å². The Labute approximate surface area is 211 Å². The minimum Gasteiger partial charge on any atom is -0.497 e. The third kappa shape index (κ3) is 6.81. The van der Waals surface area contributed by atoms with Gasteiger partial charge in [0.2, 0.25) is 0 Å². The molecule has 1 aliphatic rings. The molecule has 1 fully saturated rings. The summed E-state index contributed by atoms with van der Waals surface area (Å²) in [5, 5.41) is 8.42. The number of anilines is 2. The number of hydrogen-bond donors (Lipinski definition) is 2. The second-order valence-corrected chi connectivity index (χ2v) is 9.03.